The van der Waals surface area contributed by atoms with Crippen LogP contribution in [0, 0.1) is 23.7 Å². The highest BCUT2D eigenvalue weighted by molar-refractivity contribution is 6.22. The highest BCUT2D eigenvalue weighted by Gasteiger charge is 2.33. The summed E-state index contributed by atoms with van der Waals surface area (Å²) in [5.74, 6) is -0.813. The van der Waals surface area contributed by atoms with Crippen LogP contribution in [0.4, 0.5) is 0 Å². The number of fused-ring (bicyclic) bond motifs is 1. The smallest absolute Gasteiger partial charge is 0.223 e. The van der Waals surface area contributed by atoms with Crippen molar-refractivity contribution < 1.29 is 48.3 Å². The largest absolute Gasteiger partial charge is 0.504 e. The topological polar surface area (TPSA) is 170 Å². The fourth-order valence-electron chi connectivity index (χ4n) is 8.00. The Morgan fingerprint density at radius 2 is 1.44 bits per heavy atom. The molecule has 5 atom stereocenters. The summed E-state index contributed by atoms with van der Waals surface area (Å²) >= 11 is 6.48. The van der Waals surface area contributed by atoms with Crippen LogP contribution in [-0.2, 0) is 32.0 Å². The average molecular weight is 863 g/mol. The molecule has 0 saturated heterocycles. The Kier molecular flexibility index (Phi) is 18.5. The number of hydrogen-bond acceptors (Lipinski definition) is 10. The molecule has 0 bridgehead atoms. The van der Waals surface area contributed by atoms with Crippen molar-refractivity contribution in [3.8, 4) is 28.7 Å². The van der Waals surface area contributed by atoms with E-state index in [9.17, 15) is 29.4 Å². The first-order valence-electron chi connectivity index (χ1n) is 21.0. The number of ether oxygens (including phenoxy) is 4. The molecule has 332 valence electrons. The van der Waals surface area contributed by atoms with E-state index >= 15 is 0 Å². The van der Waals surface area contributed by atoms with E-state index in [0.29, 0.717) is 60.7 Å². The number of Topliss-reactive ketones (excluding diaryl/α,β-unsaturated/α-hetero) is 2. The minimum atomic E-state index is -1.44. The Morgan fingerprint density at radius 1 is 0.803 bits per heavy atom. The number of aliphatic hydroxyl groups excluding tert-OH is 1. The number of hydrogen-bond donors (Lipinski definition) is 4. The molecule has 2 amide bonds. The molecule has 0 spiro atoms. The zero-order chi connectivity index (χ0) is 44.8. The molecule has 0 radical (unpaired) electrons. The molecule has 4 rings (SSSR count). The lowest BCUT2D eigenvalue weighted by Gasteiger charge is -2.24. The molecule has 13 heteroatoms. The molecule has 0 saturated carbocycles. The van der Waals surface area contributed by atoms with Crippen LogP contribution in [-0.4, -0.2) is 86.1 Å². The van der Waals surface area contributed by atoms with Gasteiger partial charge in [-0.25, -0.2) is 0 Å². The van der Waals surface area contributed by atoms with Crippen LogP contribution in [0.1, 0.15) is 88.5 Å². The monoisotopic (exact) mass is 862 g/mol. The molecule has 0 heterocycles. The summed E-state index contributed by atoms with van der Waals surface area (Å²) < 4.78 is 22.5. The molecule has 3 aromatic carbocycles. The Hall–Kier alpha value is -5.07. The number of amides is 2. The van der Waals surface area contributed by atoms with Gasteiger partial charge in [0, 0.05) is 49.2 Å². The second-order valence-electron chi connectivity index (χ2n) is 16.5. The van der Waals surface area contributed by atoms with Crippen molar-refractivity contribution >= 4 is 40.6 Å². The Balaban J connectivity index is 1.44. The number of alkyl halides is 1. The van der Waals surface area contributed by atoms with Gasteiger partial charge in [0.1, 0.15) is 11.9 Å². The van der Waals surface area contributed by atoms with Crippen LogP contribution < -0.4 is 29.6 Å². The van der Waals surface area contributed by atoms with E-state index in [4.69, 9.17) is 30.5 Å². The maximum absolute atomic E-state index is 13.8. The number of phenolic OH excluding ortho intramolecular Hbond substituents is 1. The molecule has 0 aliphatic heterocycles. The molecule has 3 aromatic rings. The van der Waals surface area contributed by atoms with Gasteiger partial charge < -0.3 is 39.8 Å². The molecule has 61 heavy (non-hydrogen) atoms. The van der Waals surface area contributed by atoms with Crippen molar-refractivity contribution in [2.24, 2.45) is 23.7 Å². The van der Waals surface area contributed by atoms with E-state index in [0.717, 1.165) is 22.3 Å². The lowest BCUT2D eigenvalue weighted by molar-refractivity contribution is -0.135. The van der Waals surface area contributed by atoms with Gasteiger partial charge in [-0.2, -0.15) is 0 Å². The standard InChI is InChI=1S/C48H63ClN2O10/c1-28(2)20-32(24-41(54)45(56)38(49)22-30-12-10-9-11-13-30)39(52)25-33(21-29(3)4)48(57)50-19-18-44(55)51-34-15-16-35-37(27-43(59-6)47(61-8)46(35)60-7)36(26-34)31-14-17-42(58-5)40(53)23-31/h9-14,17,23,26-29,32-34,38,45,53,56H,15-16,18-22,24-25H2,1-8H3,(H,50,57)(H,51,55). The first kappa shape index (κ1) is 48.6. The van der Waals surface area contributed by atoms with Crippen LogP contribution in [0.2, 0.25) is 0 Å². The number of benzene rings is 3. The average Bonchev–Trinajstić information content (AvgIpc) is 3.40. The van der Waals surface area contributed by atoms with Crippen molar-refractivity contribution in [3.05, 3.63) is 82.9 Å². The van der Waals surface area contributed by atoms with Gasteiger partial charge in [0.25, 0.3) is 0 Å². The molecule has 1 aliphatic rings. The summed E-state index contributed by atoms with van der Waals surface area (Å²) in [4.78, 5) is 54.2. The van der Waals surface area contributed by atoms with Crippen LogP contribution in [0.3, 0.4) is 0 Å². The molecule has 12 nitrogen and oxygen atoms in total. The zero-order valence-electron chi connectivity index (χ0n) is 36.7. The van der Waals surface area contributed by atoms with Crippen LogP contribution in [0.25, 0.3) is 5.57 Å². The van der Waals surface area contributed by atoms with Crippen molar-refractivity contribution in [2.75, 3.05) is 35.0 Å². The molecule has 0 aromatic heterocycles. The lowest BCUT2D eigenvalue weighted by Crippen LogP contribution is -2.39. The van der Waals surface area contributed by atoms with Gasteiger partial charge in [-0.1, -0.05) is 70.2 Å². The van der Waals surface area contributed by atoms with Gasteiger partial charge >= 0.3 is 0 Å². The number of carbonyl (C=O) groups is 4. The highest BCUT2D eigenvalue weighted by atomic mass is 35.5. The summed E-state index contributed by atoms with van der Waals surface area (Å²) in [6.45, 7) is 7.91. The fourth-order valence-corrected chi connectivity index (χ4v) is 8.32. The van der Waals surface area contributed by atoms with Gasteiger partial charge in [-0.3, -0.25) is 19.2 Å². The van der Waals surface area contributed by atoms with Crippen LogP contribution >= 0.6 is 11.6 Å². The van der Waals surface area contributed by atoms with E-state index < -0.39 is 35.1 Å². The van der Waals surface area contributed by atoms with Crippen molar-refractivity contribution in [1.82, 2.24) is 10.6 Å². The van der Waals surface area contributed by atoms with Gasteiger partial charge in [0.05, 0.1) is 33.8 Å². The quantitative estimate of drug-likeness (QED) is 0.0713. The van der Waals surface area contributed by atoms with E-state index in [2.05, 4.69) is 10.6 Å². The first-order chi connectivity index (χ1) is 29.1. The summed E-state index contributed by atoms with van der Waals surface area (Å²) in [5, 5.41) is 26.7. The van der Waals surface area contributed by atoms with Crippen molar-refractivity contribution in [3.63, 3.8) is 0 Å². The van der Waals surface area contributed by atoms with E-state index in [-0.39, 0.29) is 61.0 Å². The number of rotatable bonds is 23. The third-order valence-electron chi connectivity index (χ3n) is 11.0. The first-order valence-corrected chi connectivity index (χ1v) is 21.4. The summed E-state index contributed by atoms with van der Waals surface area (Å²) in [6, 6.07) is 15.9. The van der Waals surface area contributed by atoms with Crippen molar-refractivity contribution in [2.45, 2.75) is 96.6 Å². The lowest BCUT2D eigenvalue weighted by atomic mass is 9.82. The zero-order valence-corrected chi connectivity index (χ0v) is 37.5. The number of methoxy groups -OCH3 is 4. The number of aliphatic hydroxyl groups is 1. The molecular weight excluding hydrogens is 800 g/mol. The summed E-state index contributed by atoms with van der Waals surface area (Å²) in [7, 11) is 6.11. The number of nitrogens with one attached hydrogen (secondary N) is 2. The van der Waals surface area contributed by atoms with Gasteiger partial charge in [0.2, 0.25) is 17.6 Å². The third-order valence-corrected chi connectivity index (χ3v) is 11.4. The normalized spacial score (nSPS) is 15.7. The number of halogens is 1. The van der Waals surface area contributed by atoms with E-state index in [1.165, 1.54) is 21.3 Å². The number of ketones is 2. The Morgan fingerprint density at radius 3 is 2.05 bits per heavy atom. The third kappa shape index (κ3) is 13.5. The number of carbonyl (C=O) groups excluding carboxylic acids is 4. The molecule has 4 N–H and O–H groups in total. The minimum absolute atomic E-state index is 0.0140. The molecule has 5 unspecified atom stereocenters. The number of phenols is 1. The predicted octanol–water partition coefficient (Wildman–Crippen LogP) is 7.25. The van der Waals surface area contributed by atoms with E-state index in [1.807, 2.05) is 76.2 Å². The number of aromatic hydroxyl groups is 1. The molecule has 0 fully saturated rings. The Bertz CT molecular complexity index is 2000. The molecular formula is C48H63ClN2O10. The fraction of sp³-hybridized carbons (Fsp3) is 0.500. The predicted molar refractivity (Wildman–Crippen MR) is 237 cm³/mol. The van der Waals surface area contributed by atoms with Crippen molar-refractivity contribution in [1.29, 1.82) is 0 Å². The maximum Gasteiger partial charge on any atom is 0.223 e. The van der Waals surface area contributed by atoms with Gasteiger partial charge in [0.15, 0.2) is 28.8 Å². The highest BCUT2D eigenvalue weighted by Crippen LogP contribution is 2.47. The maximum atomic E-state index is 13.8. The second kappa shape index (κ2) is 23.2. The van der Waals surface area contributed by atoms with Gasteiger partial charge in [-0.15, -0.1) is 11.6 Å². The molecule has 1 aliphatic carbocycles. The Labute approximate surface area is 365 Å². The SMILES string of the molecule is COc1ccc(C2=CC(NC(=O)CCNC(=O)C(CC(=O)C(CC(=O)C(O)C(Cl)Cc3ccccc3)CC(C)C)CC(C)C)CCc3c2cc(OC)c(OC)c3OC)cc1O. The summed E-state index contributed by atoms with van der Waals surface area (Å²) in [5.41, 5.74) is 3.93. The second-order valence-corrected chi connectivity index (χ2v) is 17.1. The van der Waals surface area contributed by atoms with E-state index in [1.54, 1.807) is 19.2 Å². The van der Waals surface area contributed by atoms with Crippen LogP contribution in [0.5, 0.6) is 28.7 Å². The van der Waals surface area contributed by atoms with Crippen LogP contribution in [0.15, 0.2) is 60.7 Å². The minimum Gasteiger partial charge on any atom is -0.504 e. The summed E-state index contributed by atoms with van der Waals surface area (Å²) in [6.07, 6.45) is 2.44. The van der Waals surface area contributed by atoms with Gasteiger partial charge in [-0.05, 0) is 84.4 Å².